The summed E-state index contributed by atoms with van der Waals surface area (Å²) in [5, 5.41) is 23.9. The number of nitrogens with zero attached hydrogens (tertiary/aromatic N) is 4. The van der Waals surface area contributed by atoms with E-state index in [-0.39, 0.29) is 12.5 Å². The van der Waals surface area contributed by atoms with Crippen LogP contribution in [0.25, 0.3) is 11.2 Å². The van der Waals surface area contributed by atoms with Crippen molar-refractivity contribution in [1.82, 2.24) is 19.5 Å². The Morgan fingerprint density at radius 1 is 1.23 bits per heavy atom. The summed E-state index contributed by atoms with van der Waals surface area (Å²) in [6.07, 6.45) is 6.68. The fourth-order valence-corrected chi connectivity index (χ4v) is 3.42. The van der Waals surface area contributed by atoms with Crippen LogP contribution in [-0.4, -0.2) is 67.3 Å². The molecule has 0 spiro atoms. The molecule has 9 nitrogen and oxygen atoms in total. The lowest BCUT2D eigenvalue weighted by atomic mass is 10.1. The average molecular weight is 359 g/mol. The molecule has 2 aliphatic rings. The number of rotatable bonds is 4. The molecular formula is C17H21N5O4. The van der Waals surface area contributed by atoms with Gasteiger partial charge in [0.2, 0.25) is 0 Å². The summed E-state index contributed by atoms with van der Waals surface area (Å²) < 4.78 is 12.7. The first-order valence-corrected chi connectivity index (χ1v) is 8.66. The van der Waals surface area contributed by atoms with Crippen molar-refractivity contribution in [3.05, 3.63) is 12.7 Å². The van der Waals surface area contributed by atoms with Crippen LogP contribution in [0.4, 0.5) is 5.82 Å². The van der Waals surface area contributed by atoms with Crippen molar-refractivity contribution in [3.63, 3.8) is 0 Å². The fraction of sp³-hybridized carbons (Fsp3) is 0.588. The second-order valence-corrected chi connectivity index (χ2v) is 6.53. The summed E-state index contributed by atoms with van der Waals surface area (Å²) in [4.78, 5) is 13.0. The summed E-state index contributed by atoms with van der Waals surface area (Å²) in [6.45, 7) is 1.44. The topological polar surface area (TPSA) is 115 Å². The molecule has 0 saturated carbocycles. The molecule has 4 rings (SSSR count). The predicted molar refractivity (Wildman–Crippen MR) is 92.2 cm³/mol. The maximum atomic E-state index is 10.4. The van der Waals surface area contributed by atoms with Gasteiger partial charge < -0.3 is 25.0 Å². The highest BCUT2D eigenvalue weighted by Crippen LogP contribution is 2.33. The van der Waals surface area contributed by atoms with Gasteiger partial charge in [-0.15, -0.1) is 12.3 Å². The SMILES string of the molecule is C#CC[C@H]1O[C@@H](n2cnc3c(NC4CCOCC4)ncnc32)[C@H](O)[C@@H]1O. The second-order valence-electron chi connectivity index (χ2n) is 6.53. The van der Waals surface area contributed by atoms with Crippen molar-refractivity contribution in [1.29, 1.82) is 0 Å². The molecule has 0 aromatic carbocycles. The Morgan fingerprint density at radius 2 is 2.04 bits per heavy atom. The molecule has 0 aliphatic carbocycles. The molecule has 0 radical (unpaired) electrons. The number of nitrogens with one attached hydrogen (secondary N) is 1. The third-order valence-corrected chi connectivity index (χ3v) is 4.85. The fourth-order valence-electron chi connectivity index (χ4n) is 3.42. The monoisotopic (exact) mass is 359 g/mol. The first-order chi connectivity index (χ1) is 12.7. The zero-order valence-corrected chi connectivity index (χ0v) is 14.2. The van der Waals surface area contributed by atoms with E-state index in [2.05, 4.69) is 26.2 Å². The molecule has 4 heterocycles. The molecule has 9 heteroatoms. The molecule has 3 N–H and O–H groups in total. The van der Waals surface area contributed by atoms with Crippen LogP contribution >= 0.6 is 0 Å². The molecular weight excluding hydrogens is 338 g/mol. The summed E-state index contributed by atoms with van der Waals surface area (Å²) in [5.41, 5.74) is 1.11. The molecule has 2 aromatic rings. The molecule has 0 bridgehead atoms. The molecule has 2 fully saturated rings. The molecule has 0 amide bonds. The van der Waals surface area contributed by atoms with Crippen LogP contribution in [0.3, 0.4) is 0 Å². The minimum Gasteiger partial charge on any atom is -0.387 e. The lowest BCUT2D eigenvalue weighted by molar-refractivity contribution is -0.0332. The van der Waals surface area contributed by atoms with Crippen LogP contribution in [0.5, 0.6) is 0 Å². The van der Waals surface area contributed by atoms with Crippen molar-refractivity contribution in [2.75, 3.05) is 18.5 Å². The number of aliphatic hydroxyl groups excluding tert-OH is 2. The van der Waals surface area contributed by atoms with E-state index < -0.39 is 24.5 Å². The first-order valence-electron chi connectivity index (χ1n) is 8.66. The molecule has 2 aromatic heterocycles. The van der Waals surface area contributed by atoms with Gasteiger partial charge in [0.05, 0.1) is 12.4 Å². The second kappa shape index (κ2) is 7.17. The van der Waals surface area contributed by atoms with Gasteiger partial charge in [-0.25, -0.2) is 15.0 Å². The standard InChI is InChI=1S/C17H21N5O4/c1-2-3-11-13(23)14(24)17(26-11)22-9-20-12-15(18-8-19-16(12)22)21-10-4-6-25-7-5-10/h1,8-11,13-14,17,23-24H,3-7H2,(H,18,19,21)/t11-,13-,14-,17-/m1/s1. The lowest BCUT2D eigenvalue weighted by Gasteiger charge is -2.23. The van der Waals surface area contributed by atoms with Gasteiger partial charge >= 0.3 is 0 Å². The van der Waals surface area contributed by atoms with Gasteiger partial charge in [0, 0.05) is 25.7 Å². The number of imidazole rings is 1. The summed E-state index contributed by atoms with van der Waals surface area (Å²) in [5.74, 6) is 3.08. The Morgan fingerprint density at radius 3 is 2.81 bits per heavy atom. The quantitative estimate of drug-likeness (QED) is 0.657. The zero-order chi connectivity index (χ0) is 18.1. The Kier molecular flexibility index (Phi) is 4.74. The van der Waals surface area contributed by atoms with Crippen LogP contribution in [-0.2, 0) is 9.47 Å². The van der Waals surface area contributed by atoms with E-state index >= 15 is 0 Å². The number of aliphatic hydroxyl groups is 2. The predicted octanol–water partition coefficient (Wildman–Crippen LogP) is 0.0597. The van der Waals surface area contributed by atoms with Crippen LogP contribution in [0.1, 0.15) is 25.5 Å². The summed E-state index contributed by atoms with van der Waals surface area (Å²) in [6, 6.07) is 0.266. The highest BCUT2D eigenvalue weighted by Gasteiger charge is 2.43. The number of aromatic nitrogens is 4. The normalized spacial score (nSPS) is 29.7. The van der Waals surface area contributed by atoms with Crippen molar-refractivity contribution in [2.45, 2.75) is 49.8 Å². The van der Waals surface area contributed by atoms with Crippen molar-refractivity contribution >= 4 is 17.0 Å². The van der Waals surface area contributed by atoms with E-state index in [9.17, 15) is 10.2 Å². The van der Waals surface area contributed by atoms with Crippen LogP contribution in [0.15, 0.2) is 12.7 Å². The number of terminal acetylenes is 1. The maximum Gasteiger partial charge on any atom is 0.167 e. The molecule has 0 unspecified atom stereocenters. The minimum atomic E-state index is -1.12. The van der Waals surface area contributed by atoms with E-state index in [4.69, 9.17) is 15.9 Å². The average Bonchev–Trinajstić information content (AvgIpc) is 3.20. The van der Waals surface area contributed by atoms with Crippen LogP contribution < -0.4 is 5.32 Å². The van der Waals surface area contributed by atoms with E-state index in [0.29, 0.717) is 17.0 Å². The highest BCUT2D eigenvalue weighted by atomic mass is 16.6. The van der Waals surface area contributed by atoms with E-state index in [0.717, 1.165) is 26.1 Å². The Labute approximate surface area is 150 Å². The number of ether oxygens (including phenoxy) is 2. The van der Waals surface area contributed by atoms with Gasteiger partial charge in [-0.3, -0.25) is 4.57 Å². The van der Waals surface area contributed by atoms with E-state index in [1.807, 2.05) is 0 Å². The summed E-state index contributed by atoms with van der Waals surface area (Å²) >= 11 is 0. The van der Waals surface area contributed by atoms with Gasteiger partial charge in [-0.2, -0.15) is 0 Å². The minimum absolute atomic E-state index is 0.215. The van der Waals surface area contributed by atoms with Crippen LogP contribution in [0, 0.1) is 12.3 Å². The van der Waals surface area contributed by atoms with Gasteiger partial charge in [0.1, 0.15) is 18.5 Å². The maximum absolute atomic E-state index is 10.4. The number of hydrogen-bond donors (Lipinski definition) is 3. The summed E-state index contributed by atoms with van der Waals surface area (Å²) in [7, 11) is 0. The number of fused-ring (bicyclic) bond motifs is 1. The smallest absolute Gasteiger partial charge is 0.167 e. The van der Waals surface area contributed by atoms with Gasteiger partial charge in [-0.05, 0) is 12.8 Å². The van der Waals surface area contributed by atoms with Crippen LogP contribution in [0.2, 0.25) is 0 Å². The Hall–Kier alpha value is -2.25. The van der Waals surface area contributed by atoms with Gasteiger partial charge in [0.25, 0.3) is 0 Å². The molecule has 2 aliphatic heterocycles. The molecule has 2 saturated heterocycles. The third-order valence-electron chi connectivity index (χ3n) is 4.85. The molecule has 26 heavy (non-hydrogen) atoms. The lowest BCUT2D eigenvalue weighted by Crippen LogP contribution is -2.31. The molecule has 138 valence electrons. The molecule has 4 atom stereocenters. The number of hydrogen-bond acceptors (Lipinski definition) is 8. The van der Waals surface area contributed by atoms with Crippen molar-refractivity contribution in [3.8, 4) is 12.3 Å². The Balaban J connectivity index is 1.61. The number of anilines is 1. The van der Waals surface area contributed by atoms with Gasteiger partial charge in [0.15, 0.2) is 23.2 Å². The van der Waals surface area contributed by atoms with Crippen molar-refractivity contribution in [2.24, 2.45) is 0 Å². The largest absolute Gasteiger partial charge is 0.387 e. The Bertz CT molecular complexity index is 813. The first kappa shape index (κ1) is 17.2. The van der Waals surface area contributed by atoms with Crippen molar-refractivity contribution < 1.29 is 19.7 Å². The zero-order valence-electron chi connectivity index (χ0n) is 14.2. The third kappa shape index (κ3) is 3.01. The van der Waals surface area contributed by atoms with Gasteiger partial charge in [-0.1, -0.05) is 0 Å². The van der Waals surface area contributed by atoms with E-state index in [1.54, 1.807) is 4.57 Å². The highest BCUT2D eigenvalue weighted by molar-refractivity contribution is 5.82. The van der Waals surface area contributed by atoms with E-state index in [1.165, 1.54) is 12.7 Å².